The van der Waals surface area contributed by atoms with Gasteiger partial charge in [0, 0.05) is 34.9 Å². The predicted octanol–water partition coefficient (Wildman–Crippen LogP) is 3.25. The van der Waals surface area contributed by atoms with E-state index in [-0.39, 0.29) is 17.5 Å². The van der Waals surface area contributed by atoms with Crippen LogP contribution in [0.15, 0.2) is 21.4 Å². The quantitative estimate of drug-likeness (QED) is 0.411. The van der Waals surface area contributed by atoms with Gasteiger partial charge >= 0.3 is 7.82 Å². The summed E-state index contributed by atoms with van der Waals surface area (Å²) < 4.78 is 19.2. The van der Waals surface area contributed by atoms with E-state index in [0.29, 0.717) is 52.3 Å². The molecule has 0 saturated carbocycles. The molecule has 0 aliphatic carbocycles. The molecule has 3 heterocycles. The van der Waals surface area contributed by atoms with Crippen LogP contribution in [0.4, 0.5) is 0 Å². The van der Waals surface area contributed by atoms with Crippen molar-refractivity contribution in [1.82, 2.24) is 24.5 Å². The maximum absolute atomic E-state index is 13.7. The number of rotatable bonds is 6. The average molecular weight is 601 g/mol. The number of hydrogen-bond acceptors (Lipinski definition) is 6. The smallest absolute Gasteiger partial charge is 0.334 e. The Hall–Kier alpha value is -2.34. The van der Waals surface area contributed by atoms with Crippen molar-refractivity contribution in [2.24, 2.45) is 7.05 Å². The number of aryl methyl sites for hydroxylation is 4. The molecule has 2 N–H and O–H groups in total. The van der Waals surface area contributed by atoms with Gasteiger partial charge < -0.3 is 14.7 Å². The minimum Gasteiger partial charge on any atom is -0.334 e. The lowest BCUT2D eigenvalue weighted by Gasteiger charge is -2.31. The van der Waals surface area contributed by atoms with Crippen molar-refractivity contribution >= 4 is 41.3 Å². The van der Waals surface area contributed by atoms with Gasteiger partial charge in [-0.25, -0.2) is 9.25 Å². The molecule has 0 spiro atoms. The number of fused-ring (bicyclic) bond motifs is 1. The summed E-state index contributed by atoms with van der Waals surface area (Å²) in [5, 5.41) is 8.39. The van der Waals surface area contributed by atoms with E-state index < -0.39 is 20.1 Å². The molecule has 2 aromatic heterocycles. The van der Waals surface area contributed by atoms with Crippen molar-refractivity contribution in [3.8, 4) is 11.3 Å². The zero-order chi connectivity index (χ0) is 26.5. The number of phosphoric ester groups is 1. The summed E-state index contributed by atoms with van der Waals surface area (Å²) in [4.78, 5) is 46.5. The van der Waals surface area contributed by atoms with Gasteiger partial charge in [0.05, 0.1) is 28.5 Å². The van der Waals surface area contributed by atoms with Crippen molar-refractivity contribution in [1.29, 1.82) is 0 Å². The van der Waals surface area contributed by atoms with Gasteiger partial charge in [0.25, 0.3) is 11.5 Å². The molecule has 11 nitrogen and oxygen atoms in total. The summed E-state index contributed by atoms with van der Waals surface area (Å²) in [6.45, 7) is 4.94. The van der Waals surface area contributed by atoms with Crippen LogP contribution in [0, 0.1) is 20.8 Å². The lowest BCUT2D eigenvalue weighted by molar-refractivity contribution is 0.0725. The van der Waals surface area contributed by atoms with Crippen LogP contribution < -0.4 is 5.56 Å². The Morgan fingerprint density at radius 1 is 1.22 bits per heavy atom. The van der Waals surface area contributed by atoms with E-state index in [1.54, 1.807) is 36.5 Å². The highest BCUT2D eigenvalue weighted by Gasteiger charge is 2.32. The third kappa shape index (κ3) is 4.93. The second-order valence-electron chi connectivity index (χ2n) is 8.63. The van der Waals surface area contributed by atoms with Crippen molar-refractivity contribution < 1.29 is 23.7 Å². The molecule has 0 saturated heterocycles. The van der Waals surface area contributed by atoms with Crippen molar-refractivity contribution in [3.63, 3.8) is 0 Å². The minimum atomic E-state index is -4.78. The van der Waals surface area contributed by atoms with Crippen LogP contribution in [-0.2, 0) is 35.8 Å². The summed E-state index contributed by atoms with van der Waals surface area (Å²) in [5.41, 5.74) is 4.07. The highest BCUT2D eigenvalue weighted by atomic mass is 79.9. The van der Waals surface area contributed by atoms with Crippen LogP contribution in [0.25, 0.3) is 11.3 Å². The van der Waals surface area contributed by atoms with E-state index in [4.69, 9.17) is 21.4 Å². The first-order valence-electron chi connectivity index (χ1n) is 10.9. The number of aromatic nitrogens is 4. The molecule has 1 aliphatic rings. The summed E-state index contributed by atoms with van der Waals surface area (Å²) in [7, 11) is -3.03. The molecule has 1 amide bonds. The van der Waals surface area contributed by atoms with Crippen LogP contribution in [0.5, 0.6) is 0 Å². The zero-order valence-electron chi connectivity index (χ0n) is 19.9. The number of nitrogens with zero attached hydrogens (tertiary/aromatic N) is 5. The number of hydrogen-bond donors (Lipinski definition) is 2. The molecule has 0 fully saturated rings. The molecule has 1 aromatic carbocycles. The highest BCUT2D eigenvalue weighted by Crippen LogP contribution is 2.40. The molecule has 0 atom stereocenters. The Bertz CT molecular complexity index is 1480. The van der Waals surface area contributed by atoms with E-state index in [1.165, 1.54) is 0 Å². The summed E-state index contributed by atoms with van der Waals surface area (Å²) in [5.74, 6) is -0.325. The largest absolute Gasteiger partial charge is 0.471 e. The first-order chi connectivity index (χ1) is 16.8. The number of phosphoric acid groups is 1. The first kappa shape index (κ1) is 26.7. The maximum Gasteiger partial charge on any atom is 0.471 e. The Morgan fingerprint density at radius 3 is 2.53 bits per heavy atom. The lowest BCUT2D eigenvalue weighted by atomic mass is 9.94. The second kappa shape index (κ2) is 9.85. The first-order valence-corrected chi connectivity index (χ1v) is 13.6. The van der Waals surface area contributed by atoms with Crippen molar-refractivity contribution in [3.05, 3.63) is 65.6 Å². The second-order valence-corrected chi connectivity index (χ2v) is 11.1. The average Bonchev–Trinajstić information content (AvgIpc) is 3.11. The van der Waals surface area contributed by atoms with E-state index in [9.17, 15) is 14.2 Å². The summed E-state index contributed by atoms with van der Waals surface area (Å²) >= 11 is 10.4. The molecule has 0 bridgehead atoms. The molecule has 3 aromatic rings. The zero-order valence-corrected chi connectivity index (χ0v) is 23.2. The molecular formula is C22H24BrClN5O6P. The highest BCUT2D eigenvalue weighted by molar-refractivity contribution is 9.10. The Morgan fingerprint density at radius 2 is 1.92 bits per heavy atom. The number of carbonyl (C=O) groups excluding carboxylic acids is 1. The van der Waals surface area contributed by atoms with Gasteiger partial charge in [-0.1, -0.05) is 32.7 Å². The van der Waals surface area contributed by atoms with Crippen LogP contribution in [-0.4, -0.2) is 46.7 Å². The monoisotopic (exact) mass is 599 g/mol. The fourth-order valence-corrected chi connectivity index (χ4v) is 5.67. The van der Waals surface area contributed by atoms with E-state index in [1.807, 2.05) is 13.0 Å². The Balaban J connectivity index is 1.73. The van der Waals surface area contributed by atoms with Gasteiger partial charge in [0.2, 0.25) is 0 Å². The van der Waals surface area contributed by atoms with Crippen molar-refractivity contribution in [2.75, 3.05) is 6.54 Å². The van der Waals surface area contributed by atoms with E-state index in [2.05, 4.69) is 30.8 Å². The predicted molar refractivity (Wildman–Crippen MR) is 136 cm³/mol. The molecule has 0 radical (unpaired) electrons. The topological polar surface area (TPSA) is 140 Å². The van der Waals surface area contributed by atoms with Crippen LogP contribution in [0.2, 0.25) is 5.02 Å². The standard InChI is InChI=1S/C22H24BrClN5O6P/c1-11-7-12(2)29(10-35-36(32,33)34)21(30)16(11)9-28-6-5-14-17(23)8-15(19(24)18(14)22(28)31)20-13(3)25-26-27(20)4/h7-8H,5-6,9-10H2,1-4H3,(H2,32,33,34). The van der Waals surface area contributed by atoms with Gasteiger partial charge in [-0.05, 0) is 50.5 Å². The Labute approximate surface area is 220 Å². The van der Waals surface area contributed by atoms with E-state index in [0.717, 1.165) is 14.6 Å². The molecule has 36 heavy (non-hydrogen) atoms. The maximum atomic E-state index is 13.7. The van der Waals surface area contributed by atoms with Gasteiger partial charge in [-0.3, -0.25) is 18.7 Å². The number of benzene rings is 1. The van der Waals surface area contributed by atoms with Gasteiger partial charge in [0.1, 0.15) is 6.73 Å². The van der Waals surface area contributed by atoms with Gasteiger partial charge in [-0.15, -0.1) is 5.10 Å². The minimum absolute atomic E-state index is 0.00357. The molecular weight excluding hydrogens is 577 g/mol. The lowest BCUT2D eigenvalue weighted by Crippen LogP contribution is -2.40. The van der Waals surface area contributed by atoms with Crippen molar-refractivity contribution in [2.45, 2.75) is 40.5 Å². The fraction of sp³-hybridized carbons (Fsp3) is 0.364. The Kier molecular flexibility index (Phi) is 7.31. The van der Waals surface area contributed by atoms with Crippen LogP contribution >= 0.6 is 35.4 Å². The van der Waals surface area contributed by atoms with Gasteiger partial charge in [-0.2, -0.15) is 0 Å². The molecule has 1 aliphatic heterocycles. The molecule has 0 unspecified atom stereocenters. The van der Waals surface area contributed by atoms with Gasteiger partial charge in [0.15, 0.2) is 0 Å². The normalized spacial score (nSPS) is 13.9. The third-order valence-corrected chi connectivity index (χ3v) is 7.79. The van der Waals surface area contributed by atoms with E-state index >= 15 is 0 Å². The summed E-state index contributed by atoms with van der Waals surface area (Å²) in [6, 6.07) is 3.57. The number of halogens is 2. The van der Waals surface area contributed by atoms with Crippen LogP contribution in [0.1, 0.15) is 38.4 Å². The summed E-state index contributed by atoms with van der Waals surface area (Å²) in [6.07, 6.45) is 0.519. The molecule has 4 rings (SSSR count). The number of amides is 1. The molecule has 192 valence electrons. The number of pyridine rings is 1. The SMILES string of the molecule is Cc1cc(C)n(COP(=O)(O)O)c(=O)c1CN1CCc2c(Br)cc(-c3c(C)nnn3C)c(Cl)c2C1=O. The third-order valence-electron chi connectivity index (χ3n) is 6.23. The molecule has 14 heteroatoms. The van der Waals surface area contributed by atoms with Crippen LogP contribution in [0.3, 0.4) is 0 Å². The fourth-order valence-electron chi connectivity index (χ4n) is 4.44. The number of carbonyl (C=O) groups is 1.